The molecule has 0 spiro atoms. The zero-order valence-corrected chi connectivity index (χ0v) is 8.16. The van der Waals surface area contributed by atoms with Crippen molar-refractivity contribution in [3.8, 4) is 0 Å². The predicted molar refractivity (Wildman–Crippen MR) is 52.5 cm³/mol. The lowest BCUT2D eigenvalue weighted by atomic mass is 10.0. The molecule has 0 unspecified atom stereocenters. The molecule has 0 amide bonds. The molecule has 1 atom stereocenters. The molecule has 0 radical (unpaired) electrons. The molecule has 2 heterocycles. The molecule has 13 heavy (non-hydrogen) atoms. The van der Waals surface area contributed by atoms with Crippen LogP contribution < -0.4 is 5.73 Å². The summed E-state index contributed by atoms with van der Waals surface area (Å²) in [6.45, 7) is 4.13. The molecule has 3 heteroatoms. The smallest absolute Gasteiger partial charge is 0.109 e. The van der Waals surface area contributed by atoms with Crippen molar-refractivity contribution in [3.63, 3.8) is 0 Å². The van der Waals surface area contributed by atoms with Crippen LogP contribution in [0.2, 0.25) is 0 Å². The van der Waals surface area contributed by atoms with Crippen LogP contribution >= 0.6 is 0 Å². The minimum absolute atomic E-state index is 0.700. The van der Waals surface area contributed by atoms with Gasteiger partial charge in [-0.05, 0) is 18.9 Å². The Morgan fingerprint density at radius 1 is 1.69 bits per heavy atom. The first-order valence-electron chi connectivity index (χ1n) is 5.04. The first-order valence-corrected chi connectivity index (χ1v) is 5.04. The molecule has 72 valence electrons. The largest absolute Gasteiger partial charge is 0.335 e. The fraction of sp³-hybridized carbons (Fsp3) is 0.700. The summed E-state index contributed by atoms with van der Waals surface area (Å²) in [7, 11) is 0. The van der Waals surface area contributed by atoms with E-state index >= 15 is 0 Å². The number of rotatable bonds is 2. The Hall–Kier alpha value is -0.830. The normalized spacial score (nSPS) is 21.5. The molecule has 1 aliphatic heterocycles. The molecule has 1 aromatic rings. The Labute approximate surface area is 79.0 Å². The third kappa shape index (κ3) is 1.75. The lowest BCUT2D eigenvalue weighted by Crippen LogP contribution is -2.16. The molecule has 0 saturated carbocycles. The highest BCUT2D eigenvalue weighted by Gasteiger charge is 2.16. The number of aromatic nitrogens is 2. The molecular weight excluding hydrogens is 162 g/mol. The molecule has 1 aliphatic rings. The fourth-order valence-electron chi connectivity index (χ4n) is 1.91. The van der Waals surface area contributed by atoms with Crippen molar-refractivity contribution in [3.05, 3.63) is 17.7 Å². The van der Waals surface area contributed by atoms with Crippen molar-refractivity contribution in [1.82, 2.24) is 9.55 Å². The van der Waals surface area contributed by atoms with Gasteiger partial charge in [-0.3, -0.25) is 0 Å². The first-order chi connectivity index (χ1) is 6.29. The molecule has 1 aromatic heterocycles. The molecular formula is C10H17N3. The van der Waals surface area contributed by atoms with Gasteiger partial charge in [0.2, 0.25) is 0 Å². The Bertz CT molecular complexity index is 290. The lowest BCUT2D eigenvalue weighted by molar-refractivity contribution is 0.409. The number of imidazole rings is 1. The van der Waals surface area contributed by atoms with Gasteiger partial charge in [-0.1, -0.05) is 6.92 Å². The van der Waals surface area contributed by atoms with Crippen LogP contribution in [0.15, 0.2) is 6.20 Å². The van der Waals surface area contributed by atoms with Crippen LogP contribution in [-0.4, -0.2) is 16.1 Å². The van der Waals surface area contributed by atoms with Crippen LogP contribution in [-0.2, 0) is 19.4 Å². The maximum atomic E-state index is 5.50. The number of hydrogen-bond acceptors (Lipinski definition) is 2. The van der Waals surface area contributed by atoms with Crippen molar-refractivity contribution in [2.24, 2.45) is 11.7 Å². The van der Waals surface area contributed by atoms with Crippen LogP contribution in [0.4, 0.5) is 0 Å². The number of aryl methyl sites for hydroxylation is 1. The van der Waals surface area contributed by atoms with E-state index in [9.17, 15) is 0 Å². The average Bonchev–Trinajstić information content (AvgIpc) is 2.46. The topological polar surface area (TPSA) is 43.8 Å². The predicted octanol–water partition coefficient (Wildman–Crippen LogP) is 0.967. The minimum atomic E-state index is 0.700. The number of hydrogen-bond donors (Lipinski definition) is 1. The van der Waals surface area contributed by atoms with Crippen LogP contribution in [0, 0.1) is 5.92 Å². The molecule has 2 rings (SSSR count). The summed E-state index contributed by atoms with van der Waals surface area (Å²) in [4.78, 5) is 4.57. The van der Waals surface area contributed by atoms with E-state index < -0.39 is 0 Å². The number of nitrogens with zero attached hydrogens (tertiary/aromatic N) is 2. The first kappa shape index (κ1) is 8.75. The van der Waals surface area contributed by atoms with E-state index in [4.69, 9.17) is 5.73 Å². The van der Waals surface area contributed by atoms with Crippen molar-refractivity contribution < 1.29 is 0 Å². The van der Waals surface area contributed by atoms with E-state index in [0.717, 1.165) is 31.0 Å². The second-order valence-electron chi connectivity index (χ2n) is 3.98. The van der Waals surface area contributed by atoms with Gasteiger partial charge in [-0.2, -0.15) is 0 Å². The van der Waals surface area contributed by atoms with Crippen LogP contribution in [0.25, 0.3) is 0 Å². The molecule has 0 bridgehead atoms. The number of fused-ring (bicyclic) bond motifs is 1. The van der Waals surface area contributed by atoms with Gasteiger partial charge in [-0.25, -0.2) is 4.98 Å². The summed E-state index contributed by atoms with van der Waals surface area (Å²) < 4.78 is 2.28. The van der Waals surface area contributed by atoms with Crippen molar-refractivity contribution >= 4 is 0 Å². The number of nitrogens with two attached hydrogens (primary N) is 1. The maximum Gasteiger partial charge on any atom is 0.109 e. The Morgan fingerprint density at radius 2 is 2.54 bits per heavy atom. The molecule has 0 aliphatic carbocycles. The third-order valence-corrected chi connectivity index (χ3v) is 2.70. The Morgan fingerprint density at radius 3 is 3.31 bits per heavy atom. The zero-order chi connectivity index (χ0) is 9.26. The maximum absolute atomic E-state index is 5.50. The van der Waals surface area contributed by atoms with Gasteiger partial charge in [-0.15, -0.1) is 0 Å². The second kappa shape index (κ2) is 3.50. The van der Waals surface area contributed by atoms with Crippen molar-refractivity contribution in [1.29, 1.82) is 0 Å². The summed E-state index contributed by atoms with van der Waals surface area (Å²) in [6.07, 6.45) is 5.48. The summed E-state index contributed by atoms with van der Waals surface area (Å²) in [6, 6.07) is 0. The highest BCUT2D eigenvalue weighted by atomic mass is 15.1. The summed E-state index contributed by atoms with van der Waals surface area (Å²) in [5.41, 5.74) is 6.66. The highest BCUT2D eigenvalue weighted by Crippen LogP contribution is 2.19. The molecule has 0 saturated heterocycles. The minimum Gasteiger partial charge on any atom is -0.335 e. The SMILES string of the molecule is C[C@H]1CCn2cc(CCN)nc2C1. The molecule has 2 N–H and O–H groups in total. The van der Waals surface area contributed by atoms with Gasteiger partial charge in [0.15, 0.2) is 0 Å². The van der Waals surface area contributed by atoms with E-state index in [-0.39, 0.29) is 0 Å². The molecule has 0 aromatic carbocycles. The van der Waals surface area contributed by atoms with Gasteiger partial charge < -0.3 is 10.3 Å². The quantitative estimate of drug-likeness (QED) is 0.735. The third-order valence-electron chi connectivity index (χ3n) is 2.70. The van der Waals surface area contributed by atoms with E-state index in [2.05, 4.69) is 22.7 Å². The van der Waals surface area contributed by atoms with E-state index in [1.807, 2.05) is 0 Å². The van der Waals surface area contributed by atoms with Crippen molar-refractivity contribution in [2.75, 3.05) is 6.54 Å². The van der Waals surface area contributed by atoms with Crippen molar-refractivity contribution in [2.45, 2.75) is 32.7 Å². The monoisotopic (exact) mass is 179 g/mol. The average molecular weight is 179 g/mol. The van der Waals surface area contributed by atoms with Crippen LogP contribution in [0.3, 0.4) is 0 Å². The Kier molecular flexibility index (Phi) is 2.36. The van der Waals surface area contributed by atoms with E-state index in [0.29, 0.717) is 6.54 Å². The van der Waals surface area contributed by atoms with Crippen LogP contribution in [0.5, 0.6) is 0 Å². The van der Waals surface area contributed by atoms with Crippen LogP contribution in [0.1, 0.15) is 24.9 Å². The Balaban J connectivity index is 2.18. The van der Waals surface area contributed by atoms with Gasteiger partial charge in [0, 0.05) is 25.6 Å². The van der Waals surface area contributed by atoms with Gasteiger partial charge in [0.1, 0.15) is 5.82 Å². The van der Waals surface area contributed by atoms with Gasteiger partial charge in [0.05, 0.1) is 5.69 Å². The highest BCUT2D eigenvalue weighted by molar-refractivity contribution is 5.07. The standard InChI is InChI=1S/C10H17N3/c1-8-3-5-13-7-9(2-4-11)12-10(13)6-8/h7-8H,2-6,11H2,1H3/t8-/m0/s1. The van der Waals surface area contributed by atoms with Gasteiger partial charge >= 0.3 is 0 Å². The van der Waals surface area contributed by atoms with E-state index in [1.54, 1.807) is 0 Å². The molecule has 3 nitrogen and oxygen atoms in total. The summed E-state index contributed by atoms with van der Waals surface area (Å²) in [5.74, 6) is 2.04. The van der Waals surface area contributed by atoms with Gasteiger partial charge in [0.25, 0.3) is 0 Å². The summed E-state index contributed by atoms with van der Waals surface area (Å²) in [5, 5.41) is 0. The lowest BCUT2D eigenvalue weighted by Gasteiger charge is -2.18. The summed E-state index contributed by atoms with van der Waals surface area (Å²) >= 11 is 0. The second-order valence-corrected chi connectivity index (χ2v) is 3.98. The fourth-order valence-corrected chi connectivity index (χ4v) is 1.91. The van der Waals surface area contributed by atoms with E-state index in [1.165, 1.54) is 12.2 Å². The zero-order valence-electron chi connectivity index (χ0n) is 8.16. The molecule has 0 fully saturated rings.